The topological polar surface area (TPSA) is 129 Å². The number of aromatic nitrogens is 4. The Morgan fingerprint density at radius 1 is 1.18 bits per heavy atom. The van der Waals surface area contributed by atoms with Crippen LogP contribution in [-0.4, -0.2) is 70.4 Å². The van der Waals surface area contributed by atoms with Crippen molar-refractivity contribution in [3.8, 4) is 23.0 Å². The van der Waals surface area contributed by atoms with E-state index in [0.29, 0.717) is 30.0 Å². The summed E-state index contributed by atoms with van der Waals surface area (Å²) in [7, 11) is 1.81. The molecule has 1 aromatic carbocycles. The molecule has 6 rings (SSSR count). The van der Waals surface area contributed by atoms with Crippen LogP contribution in [0, 0.1) is 6.92 Å². The van der Waals surface area contributed by atoms with Gasteiger partial charge >= 0.3 is 12.2 Å². The summed E-state index contributed by atoms with van der Waals surface area (Å²) in [5.74, 6) is 0.715. The van der Waals surface area contributed by atoms with Gasteiger partial charge in [0, 0.05) is 36.5 Å². The summed E-state index contributed by atoms with van der Waals surface area (Å²) in [6.07, 6.45) is -3.85. The van der Waals surface area contributed by atoms with E-state index in [1.165, 1.54) is 13.0 Å². The predicted molar refractivity (Wildman–Crippen MR) is 159 cm³/mol. The van der Waals surface area contributed by atoms with E-state index in [1.54, 1.807) is 19.3 Å². The Hall–Kier alpha value is -4.17. The Kier molecular flexibility index (Phi) is 7.74. The molecule has 0 radical (unpaired) electrons. The van der Waals surface area contributed by atoms with Gasteiger partial charge in [-0.05, 0) is 44.2 Å². The molecule has 1 saturated heterocycles. The number of aryl methyl sites for hydroxylation is 1. The molecule has 1 fully saturated rings. The molecule has 0 saturated carbocycles. The number of benzene rings is 1. The second-order valence-electron chi connectivity index (χ2n) is 10.9. The number of nitrogens with zero attached hydrogens (tertiary/aromatic N) is 6. The average Bonchev–Trinajstić information content (AvgIpc) is 3.16. The number of ether oxygens (including phenoxy) is 2. The van der Waals surface area contributed by atoms with Gasteiger partial charge in [-0.1, -0.05) is 17.7 Å². The number of likely N-dealkylation sites (tertiary alicyclic amines) is 1. The summed E-state index contributed by atoms with van der Waals surface area (Å²) < 4.78 is 69.0. The average molecular weight is 633 g/mol. The van der Waals surface area contributed by atoms with Gasteiger partial charge in [0.05, 0.1) is 33.7 Å². The summed E-state index contributed by atoms with van der Waals surface area (Å²) in [6, 6.07) is 5.90. The van der Waals surface area contributed by atoms with Crippen LogP contribution in [0.3, 0.4) is 0 Å². The van der Waals surface area contributed by atoms with Gasteiger partial charge in [0.2, 0.25) is 0 Å². The zero-order chi connectivity index (χ0) is 31.3. The lowest BCUT2D eigenvalue weighted by Crippen LogP contribution is -2.31. The predicted octanol–water partition coefficient (Wildman–Crippen LogP) is 5.05. The largest absolute Gasteiger partial charge is 0.489 e. The lowest BCUT2D eigenvalue weighted by atomic mass is 9.99. The highest BCUT2D eigenvalue weighted by molar-refractivity contribution is 6.36. The first-order valence-electron chi connectivity index (χ1n) is 13.8. The van der Waals surface area contributed by atoms with Gasteiger partial charge in [-0.2, -0.15) is 23.1 Å². The first kappa shape index (κ1) is 29.9. The first-order valence-corrected chi connectivity index (χ1v) is 14.2. The van der Waals surface area contributed by atoms with Gasteiger partial charge in [0.15, 0.2) is 5.75 Å². The molecule has 0 bridgehead atoms. The fraction of sp³-hybridized carbons (Fsp3) is 0.379. The normalized spacial score (nSPS) is 18.8. The van der Waals surface area contributed by atoms with Crippen LogP contribution in [0.15, 0.2) is 30.5 Å². The Morgan fingerprint density at radius 2 is 1.98 bits per heavy atom. The summed E-state index contributed by atoms with van der Waals surface area (Å²) in [5, 5.41) is 0.283. The van der Waals surface area contributed by atoms with E-state index in [1.807, 2.05) is 15.9 Å². The monoisotopic (exact) mass is 632 g/mol. The summed E-state index contributed by atoms with van der Waals surface area (Å²) >= 11 is 6.83. The number of halogens is 5. The van der Waals surface area contributed by atoms with Gasteiger partial charge < -0.3 is 25.8 Å². The lowest BCUT2D eigenvalue weighted by Gasteiger charge is -2.24. The van der Waals surface area contributed by atoms with Crippen molar-refractivity contribution in [1.82, 2.24) is 24.8 Å². The Bertz CT molecular complexity index is 1740. The van der Waals surface area contributed by atoms with Crippen LogP contribution >= 0.6 is 11.6 Å². The molecule has 4 aromatic rings. The lowest BCUT2D eigenvalue weighted by molar-refractivity contribution is -0.137. The van der Waals surface area contributed by atoms with Gasteiger partial charge in [-0.25, -0.2) is 14.4 Å². The number of anilines is 3. The quantitative estimate of drug-likeness (QED) is 0.279. The number of hydrogen-bond donors (Lipinski definition) is 2. The third-order valence-electron chi connectivity index (χ3n) is 7.85. The molecule has 10 nitrogen and oxygen atoms in total. The SMILES string of the molecule is Cc1cc(N)nc(-c2cc3nc(OC[C@@H]4C[C@@H](F)CN4C)nc4c3c(c2Cl)OCCN4Cc2cccnc2N)c1C(F)(F)F. The van der Waals surface area contributed by atoms with Crippen molar-refractivity contribution in [2.45, 2.75) is 38.3 Å². The number of likely N-dealkylation sites (N-methyl/N-ethyl adjacent to an activating group) is 1. The molecule has 2 atom stereocenters. The summed E-state index contributed by atoms with van der Waals surface area (Å²) in [4.78, 5) is 21.2. The van der Waals surface area contributed by atoms with E-state index >= 15 is 0 Å². The Balaban J connectivity index is 1.54. The molecule has 0 amide bonds. The number of nitrogens with two attached hydrogens (primary N) is 2. The van der Waals surface area contributed by atoms with E-state index in [-0.39, 0.29) is 71.6 Å². The van der Waals surface area contributed by atoms with E-state index in [2.05, 4.69) is 15.0 Å². The molecule has 0 aliphatic carbocycles. The second-order valence-corrected chi connectivity index (χ2v) is 11.3. The molecule has 232 valence electrons. The fourth-order valence-electron chi connectivity index (χ4n) is 5.74. The number of pyridine rings is 2. The van der Waals surface area contributed by atoms with Crippen molar-refractivity contribution in [3.63, 3.8) is 0 Å². The molecule has 15 heteroatoms. The van der Waals surface area contributed by atoms with E-state index in [4.69, 9.17) is 37.5 Å². The van der Waals surface area contributed by atoms with Gasteiger partial charge in [-0.3, -0.25) is 4.90 Å². The molecular weight excluding hydrogens is 604 g/mol. The number of rotatable bonds is 6. The molecule has 4 N–H and O–H groups in total. The molecule has 5 heterocycles. The number of alkyl halides is 4. The number of hydrogen-bond acceptors (Lipinski definition) is 10. The van der Waals surface area contributed by atoms with Crippen molar-refractivity contribution in [3.05, 3.63) is 52.2 Å². The van der Waals surface area contributed by atoms with Crippen molar-refractivity contribution >= 4 is 40.0 Å². The number of nitrogen functional groups attached to an aromatic ring is 2. The summed E-state index contributed by atoms with van der Waals surface area (Å²) in [5.41, 5.74) is 11.4. The van der Waals surface area contributed by atoms with Crippen molar-refractivity contribution in [1.29, 1.82) is 0 Å². The van der Waals surface area contributed by atoms with Gasteiger partial charge in [0.25, 0.3) is 0 Å². The second kappa shape index (κ2) is 11.4. The van der Waals surface area contributed by atoms with Crippen LogP contribution in [0.25, 0.3) is 22.2 Å². The molecular formula is C29H29ClF4N8O2. The van der Waals surface area contributed by atoms with Crippen LogP contribution in [0.5, 0.6) is 11.8 Å². The van der Waals surface area contributed by atoms with Crippen molar-refractivity contribution < 1.29 is 27.0 Å². The minimum atomic E-state index is -4.75. The van der Waals surface area contributed by atoms with Crippen LogP contribution in [0.2, 0.25) is 5.02 Å². The zero-order valence-corrected chi connectivity index (χ0v) is 24.6. The first-order chi connectivity index (χ1) is 20.9. The third kappa shape index (κ3) is 5.59. The van der Waals surface area contributed by atoms with Crippen molar-refractivity contribution in [2.75, 3.05) is 49.7 Å². The molecule has 44 heavy (non-hydrogen) atoms. The highest BCUT2D eigenvalue weighted by Gasteiger charge is 2.38. The van der Waals surface area contributed by atoms with E-state index < -0.39 is 23.6 Å². The minimum Gasteiger partial charge on any atom is -0.489 e. The smallest absolute Gasteiger partial charge is 0.418 e. The standard InChI is InChI=1S/C29H29ClF4N8O2/c1-14-8-20(35)39-24(22(14)29(32,33)34)18-10-19-21-25(23(18)30)43-7-6-42(11-15-4-3-5-37-26(15)36)27(21)40-28(38-19)44-13-17-9-16(31)12-41(17)2/h3-5,8,10,16-17H,6-7,9,11-13H2,1-2H3,(H2,35,39)(H2,36,37)/t16-,17+/m1/s1. The van der Waals surface area contributed by atoms with Crippen LogP contribution in [0.1, 0.15) is 23.1 Å². The Morgan fingerprint density at radius 3 is 2.68 bits per heavy atom. The minimum absolute atomic E-state index is 0.0405. The van der Waals surface area contributed by atoms with Gasteiger partial charge in [-0.15, -0.1) is 0 Å². The maximum atomic E-state index is 14.3. The molecule has 0 spiro atoms. The highest BCUT2D eigenvalue weighted by Crippen LogP contribution is 2.48. The highest BCUT2D eigenvalue weighted by atomic mass is 35.5. The maximum Gasteiger partial charge on any atom is 0.418 e. The van der Waals surface area contributed by atoms with E-state index in [9.17, 15) is 17.6 Å². The molecule has 3 aromatic heterocycles. The van der Waals surface area contributed by atoms with Crippen LogP contribution < -0.4 is 25.8 Å². The fourth-order valence-corrected chi connectivity index (χ4v) is 6.03. The Labute approximate surface area is 255 Å². The zero-order valence-electron chi connectivity index (χ0n) is 23.8. The molecule has 2 aliphatic heterocycles. The maximum absolute atomic E-state index is 14.3. The van der Waals surface area contributed by atoms with Crippen LogP contribution in [0.4, 0.5) is 35.0 Å². The molecule has 0 unspecified atom stereocenters. The molecule has 2 aliphatic rings. The van der Waals surface area contributed by atoms with E-state index in [0.717, 1.165) is 11.6 Å². The van der Waals surface area contributed by atoms with Crippen molar-refractivity contribution in [2.24, 2.45) is 0 Å². The summed E-state index contributed by atoms with van der Waals surface area (Å²) in [6.45, 7) is 2.42. The van der Waals surface area contributed by atoms with Crippen LogP contribution in [-0.2, 0) is 12.7 Å². The van der Waals surface area contributed by atoms with Gasteiger partial charge in [0.1, 0.15) is 36.8 Å². The third-order valence-corrected chi connectivity index (χ3v) is 8.23.